The van der Waals surface area contributed by atoms with Crippen molar-refractivity contribution in [2.75, 3.05) is 32.1 Å². The lowest BCUT2D eigenvalue weighted by molar-refractivity contribution is 0.247. The third-order valence-corrected chi connectivity index (χ3v) is 3.41. The topological polar surface area (TPSA) is 3.24 Å². The van der Waals surface area contributed by atoms with Crippen LogP contribution in [0, 0.1) is 0 Å². The molecule has 1 nitrogen and oxygen atoms in total. The smallest absolute Gasteiger partial charge is 0.0906 e. The number of hydrogen-bond acceptors (Lipinski definition) is 2. The van der Waals surface area contributed by atoms with Crippen molar-refractivity contribution in [1.29, 1.82) is 0 Å². The van der Waals surface area contributed by atoms with E-state index in [4.69, 9.17) is 0 Å². The number of rotatable bonds is 3. The Bertz CT molecular complexity index is 138. The zero-order valence-corrected chi connectivity index (χ0v) is 8.79. The summed E-state index contributed by atoms with van der Waals surface area (Å²) in [4.78, 5) is 2.37. The standard InChI is InChI=1S/C9H18FNS/c1-9(2)8-11(5-3-4-10)6-7-12-9/h3-8H2,1-2H3. The summed E-state index contributed by atoms with van der Waals surface area (Å²) in [5, 5.41) is 0. The third kappa shape index (κ3) is 3.31. The summed E-state index contributed by atoms with van der Waals surface area (Å²) in [5.41, 5.74) is 0. The highest BCUT2D eigenvalue weighted by Gasteiger charge is 2.26. The van der Waals surface area contributed by atoms with Gasteiger partial charge in [0.2, 0.25) is 0 Å². The molecular formula is C9H18FNS. The van der Waals surface area contributed by atoms with Crippen molar-refractivity contribution < 1.29 is 4.39 Å². The Balaban J connectivity index is 2.26. The summed E-state index contributed by atoms with van der Waals surface area (Å²) in [7, 11) is 0. The highest BCUT2D eigenvalue weighted by molar-refractivity contribution is 8.00. The molecule has 1 rings (SSSR count). The summed E-state index contributed by atoms with van der Waals surface area (Å²) in [6.45, 7) is 7.52. The van der Waals surface area contributed by atoms with Crippen LogP contribution in [0.1, 0.15) is 20.3 Å². The van der Waals surface area contributed by atoms with Crippen LogP contribution in [0.3, 0.4) is 0 Å². The Morgan fingerprint density at radius 3 is 2.83 bits per heavy atom. The maximum atomic E-state index is 11.9. The van der Waals surface area contributed by atoms with Crippen LogP contribution in [0.25, 0.3) is 0 Å². The van der Waals surface area contributed by atoms with E-state index in [0.717, 1.165) is 19.6 Å². The average Bonchev–Trinajstić information content (AvgIpc) is 1.99. The van der Waals surface area contributed by atoms with Gasteiger partial charge in [0.05, 0.1) is 6.67 Å². The molecule has 1 aliphatic heterocycles. The lowest BCUT2D eigenvalue weighted by Gasteiger charge is -2.37. The maximum Gasteiger partial charge on any atom is 0.0906 e. The van der Waals surface area contributed by atoms with Gasteiger partial charge in [-0.1, -0.05) is 0 Å². The Morgan fingerprint density at radius 1 is 1.50 bits per heavy atom. The second kappa shape index (κ2) is 4.47. The normalized spacial score (nSPS) is 24.2. The van der Waals surface area contributed by atoms with E-state index in [2.05, 4.69) is 18.7 Å². The predicted molar refractivity (Wildman–Crippen MR) is 53.6 cm³/mol. The Hall–Kier alpha value is 0.240. The summed E-state index contributed by atoms with van der Waals surface area (Å²) in [6, 6.07) is 0. The van der Waals surface area contributed by atoms with Crippen LogP contribution in [-0.4, -0.2) is 41.7 Å². The van der Waals surface area contributed by atoms with Crippen LogP contribution in [0.5, 0.6) is 0 Å². The molecule has 0 saturated carbocycles. The molecule has 1 saturated heterocycles. The minimum atomic E-state index is -0.177. The van der Waals surface area contributed by atoms with Crippen molar-refractivity contribution in [1.82, 2.24) is 4.90 Å². The zero-order chi connectivity index (χ0) is 9.03. The van der Waals surface area contributed by atoms with E-state index in [1.807, 2.05) is 11.8 Å². The van der Waals surface area contributed by atoms with E-state index in [0.29, 0.717) is 11.2 Å². The van der Waals surface area contributed by atoms with Gasteiger partial charge in [-0.05, 0) is 20.3 Å². The van der Waals surface area contributed by atoms with Gasteiger partial charge in [-0.15, -0.1) is 0 Å². The van der Waals surface area contributed by atoms with Crippen molar-refractivity contribution in [2.45, 2.75) is 25.0 Å². The molecule has 0 aliphatic carbocycles. The molecule has 1 aliphatic rings. The summed E-state index contributed by atoms with van der Waals surface area (Å²) in [5.74, 6) is 1.19. The van der Waals surface area contributed by atoms with Gasteiger partial charge in [-0.3, -0.25) is 4.39 Å². The van der Waals surface area contributed by atoms with Gasteiger partial charge in [0.25, 0.3) is 0 Å². The lowest BCUT2D eigenvalue weighted by atomic mass is 10.2. The molecule has 1 heterocycles. The average molecular weight is 191 g/mol. The van der Waals surface area contributed by atoms with Gasteiger partial charge in [0.1, 0.15) is 0 Å². The molecule has 0 spiro atoms. The lowest BCUT2D eigenvalue weighted by Crippen LogP contribution is -2.43. The number of alkyl halides is 1. The Morgan fingerprint density at radius 2 is 2.25 bits per heavy atom. The van der Waals surface area contributed by atoms with Gasteiger partial charge >= 0.3 is 0 Å². The van der Waals surface area contributed by atoms with Gasteiger partial charge in [0.15, 0.2) is 0 Å². The second-order valence-corrected chi connectivity index (χ2v) is 5.73. The van der Waals surface area contributed by atoms with Crippen molar-refractivity contribution in [3.63, 3.8) is 0 Å². The van der Waals surface area contributed by atoms with Crippen LogP contribution in [0.2, 0.25) is 0 Å². The van der Waals surface area contributed by atoms with E-state index in [9.17, 15) is 4.39 Å². The molecule has 0 aromatic heterocycles. The first kappa shape index (κ1) is 10.3. The van der Waals surface area contributed by atoms with Crippen molar-refractivity contribution in [3.8, 4) is 0 Å². The van der Waals surface area contributed by atoms with E-state index >= 15 is 0 Å². The first-order valence-corrected chi connectivity index (χ1v) is 5.55. The molecule has 0 unspecified atom stereocenters. The number of thioether (sulfide) groups is 1. The van der Waals surface area contributed by atoms with E-state index in [1.165, 1.54) is 5.75 Å². The van der Waals surface area contributed by atoms with Gasteiger partial charge in [-0.2, -0.15) is 11.8 Å². The predicted octanol–water partition coefficient (Wildman–Crippen LogP) is 2.17. The van der Waals surface area contributed by atoms with E-state index < -0.39 is 0 Å². The summed E-state index contributed by atoms with van der Waals surface area (Å²) < 4.78 is 12.3. The summed E-state index contributed by atoms with van der Waals surface area (Å²) >= 11 is 2.02. The quantitative estimate of drug-likeness (QED) is 0.672. The molecule has 3 heteroatoms. The fraction of sp³-hybridized carbons (Fsp3) is 1.00. The molecule has 0 aromatic carbocycles. The Kier molecular flexibility index (Phi) is 3.84. The van der Waals surface area contributed by atoms with Gasteiger partial charge in [-0.25, -0.2) is 0 Å². The molecule has 0 N–H and O–H groups in total. The largest absolute Gasteiger partial charge is 0.301 e. The van der Waals surface area contributed by atoms with Gasteiger partial charge < -0.3 is 4.90 Å². The van der Waals surface area contributed by atoms with Crippen LogP contribution >= 0.6 is 11.8 Å². The fourth-order valence-corrected chi connectivity index (χ4v) is 2.76. The monoisotopic (exact) mass is 191 g/mol. The highest BCUT2D eigenvalue weighted by atomic mass is 32.2. The maximum absolute atomic E-state index is 11.9. The molecule has 72 valence electrons. The Labute approximate surface area is 78.7 Å². The second-order valence-electron chi connectivity index (χ2n) is 3.93. The fourth-order valence-electron chi connectivity index (χ4n) is 1.59. The SMILES string of the molecule is CC1(C)CN(CCCF)CCS1. The molecule has 0 radical (unpaired) electrons. The minimum Gasteiger partial charge on any atom is -0.301 e. The van der Waals surface area contributed by atoms with Crippen molar-refractivity contribution in [2.24, 2.45) is 0 Å². The van der Waals surface area contributed by atoms with Gasteiger partial charge in [0, 0.05) is 30.1 Å². The number of hydrogen-bond donors (Lipinski definition) is 0. The number of nitrogens with zero attached hydrogens (tertiary/aromatic N) is 1. The van der Waals surface area contributed by atoms with Crippen molar-refractivity contribution in [3.05, 3.63) is 0 Å². The minimum absolute atomic E-state index is 0.177. The molecule has 0 atom stereocenters. The number of halogens is 1. The molecule has 0 aromatic rings. The van der Waals surface area contributed by atoms with Crippen molar-refractivity contribution >= 4 is 11.8 Å². The van der Waals surface area contributed by atoms with E-state index in [1.54, 1.807) is 0 Å². The van der Waals surface area contributed by atoms with Crippen LogP contribution in [0.15, 0.2) is 0 Å². The molecule has 12 heavy (non-hydrogen) atoms. The van der Waals surface area contributed by atoms with Crippen LogP contribution in [0.4, 0.5) is 4.39 Å². The van der Waals surface area contributed by atoms with Crippen LogP contribution in [-0.2, 0) is 0 Å². The molecular weight excluding hydrogens is 173 g/mol. The molecule has 0 amide bonds. The third-order valence-electron chi connectivity index (χ3n) is 2.11. The summed E-state index contributed by atoms with van der Waals surface area (Å²) in [6.07, 6.45) is 0.695. The first-order valence-electron chi connectivity index (χ1n) is 4.56. The molecule has 1 fully saturated rings. The first-order chi connectivity index (χ1) is 5.64. The van der Waals surface area contributed by atoms with Crippen LogP contribution < -0.4 is 0 Å². The van der Waals surface area contributed by atoms with E-state index in [-0.39, 0.29) is 6.67 Å². The molecule has 0 bridgehead atoms. The highest BCUT2D eigenvalue weighted by Crippen LogP contribution is 2.29. The zero-order valence-electron chi connectivity index (χ0n) is 7.98.